The number of carbonyl (C=O) groups excluding carboxylic acids is 1. The van der Waals surface area contributed by atoms with E-state index in [-0.39, 0.29) is 12.2 Å². The molecule has 6 rings (SSSR count). The third kappa shape index (κ3) is 5.44. The summed E-state index contributed by atoms with van der Waals surface area (Å²) in [5.41, 5.74) is 5.68. The topological polar surface area (TPSA) is 68.8 Å². The first-order valence-electron chi connectivity index (χ1n) is 14.0. The zero-order valence-electron chi connectivity index (χ0n) is 24.4. The van der Waals surface area contributed by atoms with Crippen LogP contribution in [-0.2, 0) is 16.1 Å². The molecule has 1 aliphatic heterocycles. The number of hydrogen-bond donors (Lipinski definition) is 0. The van der Waals surface area contributed by atoms with Crippen molar-refractivity contribution in [2.75, 3.05) is 25.6 Å². The summed E-state index contributed by atoms with van der Waals surface area (Å²) in [6.45, 7) is 4.46. The van der Waals surface area contributed by atoms with Gasteiger partial charge in [-0.3, -0.25) is 9.36 Å². The van der Waals surface area contributed by atoms with E-state index in [1.165, 1.54) is 11.3 Å². The summed E-state index contributed by atoms with van der Waals surface area (Å²) in [5.74, 6) is -0.468. The number of para-hydroxylation sites is 1. The number of anilines is 1. The average Bonchev–Trinajstić information content (AvgIpc) is 3.49. The molecule has 0 bridgehead atoms. The number of fused-ring (bicyclic) bond motifs is 2. The smallest absolute Gasteiger partial charge is 0.338 e. The summed E-state index contributed by atoms with van der Waals surface area (Å²) in [6.07, 6.45) is 4.00. The van der Waals surface area contributed by atoms with Crippen molar-refractivity contribution in [3.8, 4) is 0 Å². The predicted molar refractivity (Wildman–Crippen MR) is 174 cm³/mol. The lowest BCUT2D eigenvalue weighted by Crippen LogP contribution is -2.39. The van der Waals surface area contributed by atoms with E-state index in [9.17, 15) is 9.59 Å². The predicted octanol–water partition coefficient (Wildman–Crippen LogP) is 5.52. The van der Waals surface area contributed by atoms with Crippen molar-refractivity contribution in [3.63, 3.8) is 0 Å². The van der Waals surface area contributed by atoms with Crippen LogP contribution >= 0.6 is 22.9 Å². The zero-order valence-corrected chi connectivity index (χ0v) is 25.9. The van der Waals surface area contributed by atoms with Crippen molar-refractivity contribution >= 4 is 51.6 Å². The van der Waals surface area contributed by atoms with Gasteiger partial charge in [0.15, 0.2) is 4.80 Å². The first-order valence-corrected chi connectivity index (χ1v) is 15.2. The van der Waals surface area contributed by atoms with Gasteiger partial charge in [-0.15, -0.1) is 0 Å². The van der Waals surface area contributed by atoms with Crippen LogP contribution in [0.15, 0.2) is 100 Å². The molecule has 2 aromatic heterocycles. The number of allylic oxidation sites excluding steroid dienone is 1. The molecule has 1 aliphatic rings. The zero-order chi connectivity index (χ0) is 30.2. The van der Waals surface area contributed by atoms with Crippen molar-refractivity contribution < 1.29 is 9.53 Å². The lowest BCUT2D eigenvalue weighted by Gasteiger charge is -2.25. The number of ether oxygens (including phenoxy) is 1. The Bertz CT molecular complexity index is 2050. The van der Waals surface area contributed by atoms with Crippen LogP contribution in [0.1, 0.15) is 36.6 Å². The molecule has 0 fully saturated rings. The van der Waals surface area contributed by atoms with Gasteiger partial charge < -0.3 is 14.2 Å². The molecule has 7 nitrogen and oxygen atoms in total. The van der Waals surface area contributed by atoms with Gasteiger partial charge in [0.05, 0.1) is 28.5 Å². The minimum Gasteiger partial charge on any atom is -0.463 e. The van der Waals surface area contributed by atoms with E-state index >= 15 is 0 Å². The van der Waals surface area contributed by atoms with E-state index in [2.05, 4.69) is 22.9 Å². The van der Waals surface area contributed by atoms with Crippen LogP contribution in [0.25, 0.3) is 17.0 Å². The normalized spacial score (nSPS) is 15.0. The standard InChI is InChI=1S/C34H31ClN4O3S/c1-5-42-33(41)30-21(2)36-34-39(31(30)23-12-16-26(17-13-23)37(3)4)32(40)29(43-34)18-24-20-38(28-9-7-6-8-27(24)28)19-22-10-14-25(35)15-11-22/h6-18,20,31H,5,19H2,1-4H3/b29-18+/t31-/m0/s1. The summed E-state index contributed by atoms with van der Waals surface area (Å²) < 4.78 is 9.79. The highest BCUT2D eigenvalue weighted by molar-refractivity contribution is 7.07. The lowest BCUT2D eigenvalue weighted by atomic mass is 9.95. The second-order valence-electron chi connectivity index (χ2n) is 10.6. The monoisotopic (exact) mass is 610 g/mol. The van der Waals surface area contributed by atoms with Gasteiger partial charge in [-0.2, -0.15) is 0 Å². The molecule has 43 heavy (non-hydrogen) atoms. The molecular formula is C34H31ClN4O3S. The maximum Gasteiger partial charge on any atom is 0.338 e. The Kier molecular flexibility index (Phi) is 7.81. The Morgan fingerprint density at radius 2 is 1.79 bits per heavy atom. The van der Waals surface area contributed by atoms with E-state index in [0.717, 1.165) is 33.3 Å². The molecule has 218 valence electrons. The summed E-state index contributed by atoms with van der Waals surface area (Å²) in [7, 11) is 3.94. The summed E-state index contributed by atoms with van der Waals surface area (Å²) in [4.78, 5) is 34.7. The Morgan fingerprint density at radius 3 is 2.49 bits per heavy atom. The average molecular weight is 611 g/mol. The minimum absolute atomic E-state index is 0.200. The molecule has 0 saturated carbocycles. The van der Waals surface area contributed by atoms with Gasteiger partial charge in [-0.1, -0.05) is 65.4 Å². The fraction of sp³-hybridized carbons (Fsp3) is 0.206. The Morgan fingerprint density at radius 1 is 1.07 bits per heavy atom. The molecule has 1 atom stereocenters. The Hall–Kier alpha value is -4.40. The van der Waals surface area contributed by atoms with Crippen molar-refractivity contribution in [3.05, 3.63) is 132 Å². The largest absolute Gasteiger partial charge is 0.463 e. The highest BCUT2D eigenvalue weighted by atomic mass is 35.5. The van der Waals surface area contributed by atoms with Crippen LogP contribution in [0.2, 0.25) is 5.02 Å². The number of rotatable bonds is 7. The number of thiazole rings is 1. The number of hydrogen-bond acceptors (Lipinski definition) is 6. The van der Waals surface area contributed by atoms with Crippen LogP contribution in [0.3, 0.4) is 0 Å². The molecule has 0 amide bonds. The van der Waals surface area contributed by atoms with Gasteiger partial charge in [0.2, 0.25) is 0 Å². The molecule has 0 unspecified atom stereocenters. The van der Waals surface area contributed by atoms with E-state index in [1.54, 1.807) is 18.4 Å². The number of carbonyl (C=O) groups is 1. The highest BCUT2D eigenvalue weighted by Crippen LogP contribution is 2.32. The van der Waals surface area contributed by atoms with Crippen LogP contribution in [-0.4, -0.2) is 35.8 Å². The number of halogens is 1. The maximum atomic E-state index is 14.2. The molecule has 0 saturated heterocycles. The van der Waals surface area contributed by atoms with Crippen molar-refractivity contribution in [2.24, 2.45) is 4.99 Å². The molecule has 0 spiro atoms. The Labute approximate surface area is 258 Å². The van der Waals surface area contributed by atoms with Gasteiger partial charge in [-0.05, 0) is 61.4 Å². The molecule has 9 heteroatoms. The van der Waals surface area contributed by atoms with Crippen molar-refractivity contribution in [1.29, 1.82) is 0 Å². The van der Waals surface area contributed by atoms with Gasteiger partial charge in [0.1, 0.15) is 0 Å². The second kappa shape index (κ2) is 11.7. The molecule has 0 aliphatic carbocycles. The molecule has 3 heterocycles. The van der Waals surface area contributed by atoms with Gasteiger partial charge in [0, 0.05) is 54.0 Å². The van der Waals surface area contributed by atoms with E-state index in [0.29, 0.717) is 32.2 Å². The molecule has 0 N–H and O–H groups in total. The maximum absolute atomic E-state index is 14.2. The summed E-state index contributed by atoms with van der Waals surface area (Å²) in [6, 6.07) is 23.2. The quantitative estimate of drug-likeness (QED) is 0.228. The molecule has 3 aromatic carbocycles. The number of aromatic nitrogens is 2. The van der Waals surface area contributed by atoms with Crippen molar-refractivity contribution in [1.82, 2.24) is 9.13 Å². The number of benzene rings is 3. The number of nitrogens with zero attached hydrogens (tertiary/aromatic N) is 4. The fourth-order valence-corrected chi connectivity index (χ4v) is 6.67. The fourth-order valence-electron chi connectivity index (χ4n) is 5.51. The first kappa shape index (κ1) is 28.7. The number of esters is 1. The van der Waals surface area contributed by atoms with Crippen LogP contribution in [0.4, 0.5) is 5.69 Å². The van der Waals surface area contributed by atoms with Gasteiger partial charge in [0.25, 0.3) is 5.56 Å². The molecule has 0 radical (unpaired) electrons. The SMILES string of the molecule is CCOC(=O)C1=C(C)N=c2s/c(=C/c3cn(Cc4ccc(Cl)cc4)c4ccccc34)c(=O)n2[C@H]1c1ccc(N(C)C)cc1. The van der Waals surface area contributed by atoms with Crippen LogP contribution in [0, 0.1) is 0 Å². The molecule has 5 aromatic rings. The summed E-state index contributed by atoms with van der Waals surface area (Å²) >= 11 is 7.43. The van der Waals surface area contributed by atoms with Crippen LogP contribution < -0.4 is 19.8 Å². The van der Waals surface area contributed by atoms with Gasteiger partial charge in [-0.25, -0.2) is 9.79 Å². The van der Waals surface area contributed by atoms with Crippen LogP contribution in [0.5, 0.6) is 0 Å². The van der Waals surface area contributed by atoms with E-state index < -0.39 is 12.0 Å². The van der Waals surface area contributed by atoms with E-state index in [1.807, 2.05) is 85.7 Å². The highest BCUT2D eigenvalue weighted by Gasteiger charge is 2.33. The molecular weight excluding hydrogens is 580 g/mol. The minimum atomic E-state index is -0.653. The third-order valence-electron chi connectivity index (χ3n) is 7.61. The summed E-state index contributed by atoms with van der Waals surface area (Å²) in [5, 5.41) is 1.74. The van der Waals surface area contributed by atoms with Gasteiger partial charge >= 0.3 is 5.97 Å². The Balaban J connectivity index is 1.50. The first-order chi connectivity index (χ1) is 20.7. The second-order valence-corrected chi connectivity index (χ2v) is 12.1. The third-order valence-corrected chi connectivity index (χ3v) is 8.85. The van der Waals surface area contributed by atoms with E-state index in [4.69, 9.17) is 21.3 Å². The lowest BCUT2D eigenvalue weighted by molar-refractivity contribution is -0.139. The van der Waals surface area contributed by atoms with Crippen molar-refractivity contribution in [2.45, 2.75) is 26.4 Å².